The summed E-state index contributed by atoms with van der Waals surface area (Å²) in [5, 5.41) is 12.1. The smallest absolute Gasteiger partial charge is 0.155 e. The Morgan fingerprint density at radius 1 is 1.41 bits per heavy atom. The topological polar surface area (TPSA) is 61.8 Å². The SMILES string of the molecule is CCCCCN1CCC(SC)(C(N)=NO)CC1. The number of hydrogen-bond acceptors (Lipinski definition) is 4. The first-order valence-corrected chi connectivity index (χ1v) is 7.66. The van der Waals surface area contributed by atoms with Gasteiger partial charge in [0.05, 0.1) is 4.75 Å². The molecule has 1 aliphatic heterocycles. The lowest BCUT2D eigenvalue weighted by Gasteiger charge is -2.39. The Hall–Kier alpha value is -0.420. The lowest BCUT2D eigenvalue weighted by Crippen LogP contribution is -2.50. The molecular formula is C12H25N3OS. The molecule has 0 unspecified atom stereocenters. The molecule has 1 aliphatic rings. The zero-order chi connectivity index (χ0) is 12.7. The first-order chi connectivity index (χ1) is 8.18. The highest BCUT2D eigenvalue weighted by Gasteiger charge is 2.37. The molecule has 0 aliphatic carbocycles. The lowest BCUT2D eigenvalue weighted by atomic mass is 9.94. The Labute approximate surface area is 109 Å². The van der Waals surface area contributed by atoms with Gasteiger partial charge >= 0.3 is 0 Å². The number of rotatable bonds is 6. The Morgan fingerprint density at radius 3 is 2.53 bits per heavy atom. The summed E-state index contributed by atoms with van der Waals surface area (Å²) in [6.45, 7) is 5.53. The van der Waals surface area contributed by atoms with Gasteiger partial charge in [0.1, 0.15) is 0 Å². The van der Waals surface area contributed by atoms with E-state index in [9.17, 15) is 0 Å². The summed E-state index contributed by atoms with van der Waals surface area (Å²) >= 11 is 1.71. The molecule has 0 bridgehead atoms. The number of nitrogens with two attached hydrogens (primary N) is 1. The summed E-state index contributed by atoms with van der Waals surface area (Å²) in [6, 6.07) is 0. The number of nitrogens with zero attached hydrogens (tertiary/aromatic N) is 2. The minimum atomic E-state index is -0.143. The second-order valence-corrected chi connectivity index (χ2v) is 5.92. The summed E-state index contributed by atoms with van der Waals surface area (Å²) in [6.07, 6.45) is 7.88. The average molecular weight is 259 g/mol. The molecule has 1 rings (SSSR count). The molecule has 0 saturated carbocycles. The highest BCUT2D eigenvalue weighted by atomic mass is 32.2. The van der Waals surface area contributed by atoms with Gasteiger partial charge < -0.3 is 15.8 Å². The number of amidine groups is 1. The van der Waals surface area contributed by atoms with Crippen molar-refractivity contribution >= 4 is 17.6 Å². The second-order valence-electron chi connectivity index (χ2n) is 4.73. The molecule has 1 fully saturated rings. The van der Waals surface area contributed by atoms with Crippen LogP contribution in [0.3, 0.4) is 0 Å². The Morgan fingerprint density at radius 2 is 2.06 bits per heavy atom. The summed E-state index contributed by atoms with van der Waals surface area (Å²) in [5.74, 6) is 0.387. The van der Waals surface area contributed by atoms with Gasteiger partial charge in [-0.3, -0.25) is 0 Å². The van der Waals surface area contributed by atoms with Crippen LogP contribution >= 0.6 is 11.8 Å². The van der Waals surface area contributed by atoms with Crippen molar-refractivity contribution in [3.05, 3.63) is 0 Å². The molecule has 0 aromatic carbocycles. The van der Waals surface area contributed by atoms with E-state index in [2.05, 4.69) is 17.0 Å². The van der Waals surface area contributed by atoms with Gasteiger partial charge in [0, 0.05) is 0 Å². The maximum Gasteiger partial charge on any atom is 0.155 e. The minimum Gasteiger partial charge on any atom is -0.409 e. The molecule has 5 heteroatoms. The summed E-state index contributed by atoms with van der Waals surface area (Å²) in [7, 11) is 0. The van der Waals surface area contributed by atoms with E-state index in [1.165, 1.54) is 25.8 Å². The number of piperidine rings is 1. The van der Waals surface area contributed by atoms with Crippen LogP contribution in [0.4, 0.5) is 0 Å². The molecule has 0 aromatic heterocycles. The number of thioether (sulfide) groups is 1. The fourth-order valence-corrected chi connectivity index (χ4v) is 3.22. The van der Waals surface area contributed by atoms with Crippen LogP contribution in [0.15, 0.2) is 5.16 Å². The van der Waals surface area contributed by atoms with E-state index < -0.39 is 0 Å². The van der Waals surface area contributed by atoms with Gasteiger partial charge in [0.2, 0.25) is 0 Å². The van der Waals surface area contributed by atoms with Gasteiger partial charge in [-0.15, -0.1) is 0 Å². The maximum absolute atomic E-state index is 8.86. The Balaban J connectivity index is 2.42. The third kappa shape index (κ3) is 3.78. The fraction of sp³-hybridized carbons (Fsp3) is 0.917. The summed E-state index contributed by atoms with van der Waals surface area (Å²) in [4.78, 5) is 2.49. The highest BCUT2D eigenvalue weighted by molar-refractivity contribution is 8.00. The van der Waals surface area contributed by atoms with Crippen LogP contribution in [0.2, 0.25) is 0 Å². The molecular weight excluding hydrogens is 234 g/mol. The monoisotopic (exact) mass is 259 g/mol. The molecule has 3 N–H and O–H groups in total. The van der Waals surface area contributed by atoms with E-state index in [0.29, 0.717) is 5.84 Å². The predicted molar refractivity (Wildman–Crippen MR) is 74.9 cm³/mol. The number of hydrogen-bond donors (Lipinski definition) is 2. The summed E-state index contributed by atoms with van der Waals surface area (Å²) < 4.78 is -0.143. The van der Waals surface area contributed by atoms with E-state index in [4.69, 9.17) is 10.9 Å². The van der Waals surface area contributed by atoms with Crippen LogP contribution in [0.5, 0.6) is 0 Å². The van der Waals surface area contributed by atoms with E-state index in [1.807, 2.05) is 6.26 Å². The third-order valence-corrected chi connectivity index (χ3v) is 5.11. The van der Waals surface area contributed by atoms with Crippen LogP contribution < -0.4 is 5.73 Å². The van der Waals surface area contributed by atoms with Gasteiger partial charge in [-0.25, -0.2) is 0 Å². The van der Waals surface area contributed by atoms with E-state index in [-0.39, 0.29) is 4.75 Å². The molecule has 0 atom stereocenters. The van der Waals surface area contributed by atoms with Crippen LogP contribution in [0.1, 0.15) is 39.0 Å². The van der Waals surface area contributed by atoms with E-state index in [0.717, 1.165) is 25.9 Å². The molecule has 0 amide bonds. The van der Waals surface area contributed by atoms with Crippen molar-refractivity contribution in [2.45, 2.75) is 43.8 Å². The lowest BCUT2D eigenvalue weighted by molar-refractivity contribution is 0.213. The molecule has 0 aromatic rings. The van der Waals surface area contributed by atoms with Crippen LogP contribution in [0, 0.1) is 0 Å². The Kier molecular flexibility index (Phi) is 6.12. The molecule has 1 saturated heterocycles. The second kappa shape index (κ2) is 7.11. The van der Waals surface area contributed by atoms with Gasteiger partial charge in [-0.2, -0.15) is 11.8 Å². The first-order valence-electron chi connectivity index (χ1n) is 6.44. The quantitative estimate of drug-likeness (QED) is 0.252. The van der Waals surface area contributed by atoms with Crippen LogP contribution in [-0.2, 0) is 0 Å². The van der Waals surface area contributed by atoms with E-state index >= 15 is 0 Å². The maximum atomic E-state index is 8.86. The molecule has 4 nitrogen and oxygen atoms in total. The number of unbranched alkanes of at least 4 members (excludes halogenated alkanes) is 2. The van der Waals surface area contributed by atoms with Crippen molar-refractivity contribution in [2.24, 2.45) is 10.9 Å². The molecule has 1 heterocycles. The van der Waals surface area contributed by atoms with Crippen LogP contribution in [-0.4, -0.2) is 46.6 Å². The third-order valence-electron chi connectivity index (χ3n) is 3.71. The summed E-state index contributed by atoms with van der Waals surface area (Å²) in [5.41, 5.74) is 5.82. The molecule has 17 heavy (non-hydrogen) atoms. The van der Waals surface area contributed by atoms with Gasteiger partial charge in [0.15, 0.2) is 5.84 Å². The zero-order valence-electron chi connectivity index (χ0n) is 11.0. The van der Waals surface area contributed by atoms with Crippen molar-refractivity contribution in [1.82, 2.24) is 4.90 Å². The van der Waals surface area contributed by atoms with Crippen LogP contribution in [0.25, 0.3) is 0 Å². The normalized spacial score (nSPS) is 21.6. The van der Waals surface area contributed by atoms with Crippen molar-refractivity contribution in [2.75, 3.05) is 25.9 Å². The van der Waals surface area contributed by atoms with Gasteiger partial charge in [-0.05, 0) is 45.2 Å². The fourth-order valence-electron chi connectivity index (χ4n) is 2.38. The van der Waals surface area contributed by atoms with Crippen molar-refractivity contribution < 1.29 is 5.21 Å². The largest absolute Gasteiger partial charge is 0.409 e. The Bertz CT molecular complexity index is 250. The molecule has 100 valence electrons. The van der Waals surface area contributed by atoms with E-state index in [1.54, 1.807) is 11.8 Å². The van der Waals surface area contributed by atoms with Crippen molar-refractivity contribution in [3.8, 4) is 0 Å². The average Bonchev–Trinajstić information content (AvgIpc) is 2.39. The highest BCUT2D eigenvalue weighted by Crippen LogP contribution is 2.34. The number of oxime groups is 1. The van der Waals surface area contributed by atoms with Crippen molar-refractivity contribution in [3.63, 3.8) is 0 Å². The van der Waals surface area contributed by atoms with Gasteiger partial charge in [0.25, 0.3) is 0 Å². The zero-order valence-corrected chi connectivity index (χ0v) is 11.8. The molecule has 0 radical (unpaired) electrons. The molecule has 0 spiro atoms. The van der Waals surface area contributed by atoms with Crippen molar-refractivity contribution in [1.29, 1.82) is 0 Å². The first kappa shape index (κ1) is 14.6. The number of likely N-dealkylation sites (tertiary alicyclic amines) is 1. The minimum absolute atomic E-state index is 0.143. The predicted octanol–water partition coefficient (Wildman–Crippen LogP) is 2.12. The standard InChI is InChI=1S/C12H25N3OS/c1-3-4-5-8-15-9-6-12(17-2,7-10-15)11(13)14-16/h16H,3-10H2,1-2H3,(H2,13,14). The van der Waals surface area contributed by atoms with Gasteiger partial charge in [-0.1, -0.05) is 24.9 Å².